The van der Waals surface area contributed by atoms with E-state index in [-0.39, 0.29) is 11.2 Å². The van der Waals surface area contributed by atoms with Gasteiger partial charge in [0.25, 0.3) is 0 Å². The Morgan fingerprint density at radius 2 is 1.85 bits per heavy atom. The van der Waals surface area contributed by atoms with Gasteiger partial charge >= 0.3 is 0 Å². The highest BCUT2D eigenvalue weighted by Crippen LogP contribution is 2.50. The molecular formula is C29H32BrNO3. The topological polar surface area (TPSA) is 38.8 Å². The van der Waals surface area contributed by atoms with E-state index < -0.39 is 0 Å². The van der Waals surface area contributed by atoms with E-state index in [9.17, 15) is 4.79 Å². The number of rotatable bonds is 5. The molecule has 0 N–H and O–H groups in total. The normalized spacial score (nSPS) is 22.3. The Hall–Kier alpha value is -1.95. The first-order valence-electron chi connectivity index (χ1n) is 12.6. The minimum absolute atomic E-state index is 0.153. The van der Waals surface area contributed by atoms with Gasteiger partial charge in [-0.3, -0.25) is 9.69 Å². The number of nitrogens with zero attached hydrogens (tertiary/aromatic N) is 1. The average molecular weight is 522 g/mol. The summed E-state index contributed by atoms with van der Waals surface area (Å²) in [5.41, 5.74) is 6.18. The van der Waals surface area contributed by atoms with Gasteiger partial charge in [-0.05, 0) is 97.3 Å². The van der Waals surface area contributed by atoms with Crippen molar-refractivity contribution in [1.29, 1.82) is 0 Å². The molecule has 4 aliphatic rings. The van der Waals surface area contributed by atoms with E-state index in [4.69, 9.17) is 9.47 Å². The lowest BCUT2D eigenvalue weighted by molar-refractivity contribution is -0.0742. The van der Waals surface area contributed by atoms with Crippen LogP contribution in [0.25, 0.3) is 5.57 Å². The fourth-order valence-corrected chi connectivity index (χ4v) is 6.60. The molecule has 2 heterocycles. The number of hydrogen-bond donors (Lipinski definition) is 0. The highest BCUT2D eigenvalue weighted by Gasteiger charge is 2.43. The number of carbonyl (C=O) groups excluding carboxylic acids is 1. The monoisotopic (exact) mass is 521 g/mol. The third-order valence-electron chi connectivity index (χ3n) is 8.48. The molecule has 2 saturated heterocycles. The van der Waals surface area contributed by atoms with Gasteiger partial charge in [-0.25, -0.2) is 0 Å². The van der Waals surface area contributed by atoms with Crippen LogP contribution in [0.15, 0.2) is 46.4 Å². The molecule has 2 aliphatic heterocycles. The first kappa shape index (κ1) is 22.5. The van der Waals surface area contributed by atoms with E-state index in [1.807, 2.05) is 18.2 Å². The van der Waals surface area contributed by atoms with Crippen LogP contribution in [0.1, 0.15) is 60.2 Å². The average Bonchev–Trinajstić information content (AvgIpc) is 3.18. The molecule has 5 heteroatoms. The van der Waals surface area contributed by atoms with Gasteiger partial charge in [0.2, 0.25) is 0 Å². The molecule has 0 amide bonds. The summed E-state index contributed by atoms with van der Waals surface area (Å²) in [6.07, 6.45) is 4.42. The van der Waals surface area contributed by atoms with Crippen molar-refractivity contribution in [2.24, 2.45) is 5.92 Å². The Morgan fingerprint density at radius 3 is 2.59 bits per heavy atom. The number of ketones is 1. The molecule has 2 aromatic rings. The number of Topliss-reactive ketones (excluding diaryl/α,β-unsaturated/α-hetero) is 1. The molecule has 6 rings (SSSR count). The lowest BCUT2D eigenvalue weighted by atomic mass is 9.68. The first-order valence-corrected chi connectivity index (χ1v) is 13.4. The lowest BCUT2D eigenvalue weighted by Gasteiger charge is -2.41. The molecule has 0 radical (unpaired) electrons. The third kappa shape index (κ3) is 3.77. The molecule has 0 atom stereocenters. The van der Waals surface area contributed by atoms with E-state index >= 15 is 0 Å². The SMILES string of the molecule is CC1(C)C2=C(C(=O)c3ccc(OCCC4CCN(C5COC5)CC4)cc31)c1ccc(Br)cc1C2. The van der Waals surface area contributed by atoms with E-state index in [1.54, 1.807) is 0 Å². The molecule has 0 unspecified atom stereocenters. The lowest BCUT2D eigenvalue weighted by Crippen LogP contribution is -2.51. The van der Waals surface area contributed by atoms with Gasteiger partial charge in [0, 0.05) is 21.0 Å². The quantitative estimate of drug-likeness (QED) is 0.497. The smallest absolute Gasteiger partial charge is 0.193 e. The Labute approximate surface area is 210 Å². The number of halogens is 1. The summed E-state index contributed by atoms with van der Waals surface area (Å²) in [5, 5.41) is 0. The largest absolute Gasteiger partial charge is 0.494 e. The second-order valence-electron chi connectivity index (χ2n) is 10.8. The van der Waals surface area contributed by atoms with E-state index in [2.05, 4.69) is 52.9 Å². The second kappa shape index (κ2) is 8.61. The predicted molar refractivity (Wildman–Crippen MR) is 138 cm³/mol. The molecular weight excluding hydrogens is 490 g/mol. The van der Waals surface area contributed by atoms with Crippen molar-refractivity contribution in [3.8, 4) is 5.75 Å². The summed E-state index contributed by atoms with van der Waals surface area (Å²) < 4.78 is 12.6. The summed E-state index contributed by atoms with van der Waals surface area (Å²) in [6.45, 7) is 9.42. The third-order valence-corrected chi connectivity index (χ3v) is 8.97. The van der Waals surface area contributed by atoms with Crippen LogP contribution in [0.5, 0.6) is 5.75 Å². The maximum Gasteiger partial charge on any atom is 0.193 e. The van der Waals surface area contributed by atoms with E-state index in [1.165, 1.54) is 37.1 Å². The van der Waals surface area contributed by atoms with Crippen LogP contribution in [0.3, 0.4) is 0 Å². The standard InChI is InChI=1S/C29H32BrNO3/c1-29(2)25-15-22(34-12-9-18-7-10-31(11-8-18)21-16-33-17-21)4-6-24(25)28(32)27-23-5-3-20(30)13-19(23)14-26(27)29/h3-6,13,15,18,21H,7-12,14,16-17H2,1-2H3. The highest BCUT2D eigenvalue weighted by molar-refractivity contribution is 9.10. The Balaban J connectivity index is 1.14. The first-order chi connectivity index (χ1) is 16.4. The zero-order chi connectivity index (χ0) is 23.4. The summed E-state index contributed by atoms with van der Waals surface area (Å²) in [6, 6.07) is 13.0. The fourth-order valence-electron chi connectivity index (χ4n) is 6.20. The molecule has 0 bridgehead atoms. The van der Waals surface area contributed by atoms with Crippen molar-refractivity contribution >= 4 is 27.3 Å². The highest BCUT2D eigenvalue weighted by atomic mass is 79.9. The van der Waals surface area contributed by atoms with Gasteiger partial charge in [-0.2, -0.15) is 0 Å². The Kier molecular flexibility index (Phi) is 5.70. The van der Waals surface area contributed by atoms with Crippen LogP contribution in [0, 0.1) is 5.92 Å². The fraction of sp³-hybridized carbons (Fsp3) is 0.483. The van der Waals surface area contributed by atoms with Crippen molar-refractivity contribution in [2.45, 2.75) is 51.0 Å². The molecule has 0 saturated carbocycles. The van der Waals surface area contributed by atoms with Gasteiger partial charge in [0.1, 0.15) is 5.75 Å². The maximum absolute atomic E-state index is 13.5. The second-order valence-corrected chi connectivity index (χ2v) is 11.7. The minimum atomic E-state index is -0.207. The van der Waals surface area contributed by atoms with Crippen molar-refractivity contribution in [3.63, 3.8) is 0 Å². The number of piperidine rings is 1. The zero-order valence-corrected chi connectivity index (χ0v) is 21.6. The molecule has 34 heavy (non-hydrogen) atoms. The van der Waals surface area contributed by atoms with E-state index in [0.29, 0.717) is 6.04 Å². The Morgan fingerprint density at radius 1 is 1.09 bits per heavy atom. The van der Waals surface area contributed by atoms with Crippen LogP contribution in [0.2, 0.25) is 0 Å². The molecule has 4 nitrogen and oxygen atoms in total. The van der Waals surface area contributed by atoms with E-state index in [0.717, 1.165) is 71.1 Å². The van der Waals surface area contributed by atoms with Gasteiger partial charge in [-0.15, -0.1) is 0 Å². The van der Waals surface area contributed by atoms with Crippen molar-refractivity contribution in [1.82, 2.24) is 4.90 Å². The maximum atomic E-state index is 13.5. The number of benzene rings is 2. The number of carbonyl (C=O) groups is 1. The molecule has 0 spiro atoms. The summed E-state index contributed by atoms with van der Waals surface area (Å²) in [4.78, 5) is 16.1. The van der Waals surface area contributed by atoms with Crippen molar-refractivity contribution in [2.75, 3.05) is 32.9 Å². The van der Waals surface area contributed by atoms with Crippen molar-refractivity contribution in [3.05, 3.63) is 68.7 Å². The summed E-state index contributed by atoms with van der Waals surface area (Å²) in [5.74, 6) is 1.77. The molecule has 2 aliphatic carbocycles. The molecule has 0 aromatic heterocycles. The van der Waals surface area contributed by atoms with Gasteiger partial charge in [-0.1, -0.05) is 35.8 Å². The van der Waals surface area contributed by atoms with Crippen LogP contribution in [-0.4, -0.2) is 49.6 Å². The molecule has 2 aromatic carbocycles. The van der Waals surface area contributed by atoms with Crippen molar-refractivity contribution < 1.29 is 14.3 Å². The number of fused-ring (bicyclic) bond motifs is 3. The molecule has 2 fully saturated rings. The zero-order valence-electron chi connectivity index (χ0n) is 20.0. The summed E-state index contributed by atoms with van der Waals surface area (Å²) >= 11 is 3.59. The number of ether oxygens (including phenoxy) is 2. The van der Waals surface area contributed by atoms with Crippen LogP contribution >= 0.6 is 15.9 Å². The molecule has 178 valence electrons. The van der Waals surface area contributed by atoms with Gasteiger partial charge in [0.15, 0.2) is 5.78 Å². The van der Waals surface area contributed by atoms with Crippen LogP contribution in [0.4, 0.5) is 0 Å². The Bertz CT molecular complexity index is 1170. The number of likely N-dealkylation sites (tertiary alicyclic amines) is 1. The van der Waals surface area contributed by atoms with Crippen LogP contribution < -0.4 is 4.74 Å². The minimum Gasteiger partial charge on any atom is -0.494 e. The predicted octanol–water partition coefficient (Wildman–Crippen LogP) is 5.81. The van der Waals surface area contributed by atoms with Gasteiger partial charge < -0.3 is 9.47 Å². The van der Waals surface area contributed by atoms with Crippen LogP contribution in [-0.2, 0) is 16.6 Å². The summed E-state index contributed by atoms with van der Waals surface area (Å²) in [7, 11) is 0. The number of allylic oxidation sites excluding steroid dienone is 2. The number of hydrogen-bond acceptors (Lipinski definition) is 4. The van der Waals surface area contributed by atoms with Gasteiger partial charge in [0.05, 0.1) is 25.9 Å².